The number of carbonyl (C=O) groups is 1. The lowest BCUT2D eigenvalue weighted by Crippen LogP contribution is -2.37. The van der Waals surface area contributed by atoms with Crippen molar-refractivity contribution in [3.63, 3.8) is 0 Å². The van der Waals surface area contributed by atoms with Crippen molar-refractivity contribution < 1.29 is 4.79 Å². The number of anilines is 1. The van der Waals surface area contributed by atoms with Gasteiger partial charge in [-0.25, -0.2) is 9.97 Å². The van der Waals surface area contributed by atoms with Crippen molar-refractivity contribution in [3.8, 4) is 0 Å². The van der Waals surface area contributed by atoms with Crippen LogP contribution >= 0.6 is 0 Å². The molecular formula is C19H32N4O. The smallest absolute Gasteiger partial charge is 0.225 e. The number of aryl methyl sites for hydroxylation is 1. The zero-order valence-corrected chi connectivity index (χ0v) is 16.0. The van der Waals surface area contributed by atoms with Crippen molar-refractivity contribution in [3.05, 3.63) is 17.5 Å². The minimum absolute atomic E-state index is 0.0396. The number of nitrogens with one attached hydrogen (secondary N) is 1. The Hall–Kier alpha value is -1.65. The van der Waals surface area contributed by atoms with E-state index in [4.69, 9.17) is 4.98 Å². The second kappa shape index (κ2) is 7.49. The second-order valence-electron chi connectivity index (χ2n) is 8.06. The first-order valence-corrected chi connectivity index (χ1v) is 9.07. The van der Waals surface area contributed by atoms with Gasteiger partial charge in [-0.05, 0) is 26.7 Å². The number of amides is 1. The topological polar surface area (TPSA) is 58.1 Å². The number of aromatic nitrogens is 2. The van der Waals surface area contributed by atoms with Crippen molar-refractivity contribution in [2.45, 2.75) is 78.8 Å². The standard InChI is InChI=1S/C19H32N4O/c1-13(21-17(24)19(3,4)5)16-12-20-18(22-14(16)2)23(6)15-10-8-7-9-11-15/h12-13,15H,7-11H2,1-6H3,(H,21,24)/t13-/m1/s1. The average Bonchev–Trinajstić information content (AvgIpc) is 2.53. The fourth-order valence-electron chi connectivity index (χ4n) is 3.18. The lowest BCUT2D eigenvalue weighted by molar-refractivity contribution is -0.129. The van der Waals surface area contributed by atoms with Crippen LogP contribution in [0.2, 0.25) is 0 Å². The predicted molar refractivity (Wildman–Crippen MR) is 98.1 cm³/mol. The molecule has 5 nitrogen and oxygen atoms in total. The molecule has 1 atom stereocenters. The van der Waals surface area contributed by atoms with Gasteiger partial charge in [0, 0.05) is 36.0 Å². The monoisotopic (exact) mass is 332 g/mol. The van der Waals surface area contributed by atoms with Crippen molar-refractivity contribution in [1.29, 1.82) is 0 Å². The SMILES string of the molecule is Cc1nc(N(C)C2CCCCC2)ncc1[C@@H](C)NC(=O)C(C)(C)C. The van der Waals surface area contributed by atoms with Crippen molar-refractivity contribution in [2.24, 2.45) is 5.41 Å². The number of carbonyl (C=O) groups excluding carboxylic acids is 1. The van der Waals surface area contributed by atoms with Crippen LogP contribution in [0.25, 0.3) is 0 Å². The first kappa shape index (κ1) is 18.7. The molecule has 0 saturated heterocycles. The van der Waals surface area contributed by atoms with Crippen molar-refractivity contribution in [1.82, 2.24) is 15.3 Å². The number of hydrogen-bond acceptors (Lipinski definition) is 4. The molecule has 1 aliphatic carbocycles. The van der Waals surface area contributed by atoms with E-state index in [1.807, 2.05) is 40.8 Å². The molecule has 134 valence electrons. The highest BCUT2D eigenvalue weighted by molar-refractivity contribution is 5.81. The van der Waals surface area contributed by atoms with Gasteiger partial charge < -0.3 is 10.2 Å². The van der Waals surface area contributed by atoms with E-state index in [-0.39, 0.29) is 11.9 Å². The molecule has 0 radical (unpaired) electrons. The van der Waals surface area contributed by atoms with Gasteiger partial charge in [0.15, 0.2) is 0 Å². The summed E-state index contributed by atoms with van der Waals surface area (Å²) in [7, 11) is 2.09. The molecule has 0 aromatic carbocycles. The number of nitrogens with zero attached hydrogens (tertiary/aromatic N) is 3. The Morgan fingerprint density at radius 1 is 1.29 bits per heavy atom. The van der Waals surface area contributed by atoms with Crippen LogP contribution in [0, 0.1) is 12.3 Å². The Morgan fingerprint density at radius 3 is 2.46 bits per heavy atom. The Balaban J connectivity index is 2.10. The summed E-state index contributed by atoms with van der Waals surface area (Å²) in [6.45, 7) is 9.73. The summed E-state index contributed by atoms with van der Waals surface area (Å²) >= 11 is 0. The average molecular weight is 332 g/mol. The molecule has 1 aromatic rings. The molecule has 1 aliphatic rings. The molecule has 0 bridgehead atoms. The van der Waals surface area contributed by atoms with Gasteiger partial charge in [0.1, 0.15) is 0 Å². The van der Waals surface area contributed by atoms with E-state index < -0.39 is 5.41 Å². The highest BCUT2D eigenvalue weighted by Gasteiger charge is 2.25. The molecule has 0 spiro atoms. The molecule has 1 saturated carbocycles. The Morgan fingerprint density at radius 2 is 1.92 bits per heavy atom. The van der Waals surface area contributed by atoms with Crippen LogP contribution in [-0.2, 0) is 4.79 Å². The second-order valence-corrected chi connectivity index (χ2v) is 8.06. The number of hydrogen-bond donors (Lipinski definition) is 1. The molecule has 2 rings (SSSR count). The first-order chi connectivity index (χ1) is 11.2. The molecule has 1 heterocycles. The van der Waals surface area contributed by atoms with E-state index in [0.29, 0.717) is 6.04 Å². The third-order valence-electron chi connectivity index (χ3n) is 4.94. The summed E-state index contributed by atoms with van der Waals surface area (Å²) in [5.41, 5.74) is 1.52. The summed E-state index contributed by atoms with van der Waals surface area (Å²) in [4.78, 5) is 23.7. The van der Waals surface area contributed by atoms with Crippen LogP contribution in [0.3, 0.4) is 0 Å². The lowest BCUT2D eigenvalue weighted by Gasteiger charge is -2.31. The molecule has 1 N–H and O–H groups in total. The van der Waals surface area contributed by atoms with Gasteiger partial charge >= 0.3 is 0 Å². The minimum Gasteiger partial charge on any atom is -0.349 e. The van der Waals surface area contributed by atoms with Gasteiger partial charge in [0.25, 0.3) is 0 Å². The van der Waals surface area contributed by atoms with E-state index in [2.05, 4.69) is 22.2 Å². The van der Waals surface area contributed by atoms with Crippen molar-refractivity contribution >= 4 is 11.9 Å². The lowest BCUT2D eigenvalue weighted by atomic mass is 9.94. The van der Waals surface area contributed by atoms with E-state index in [1.54, 1.807) is 0 Å². The van der Waals surface area contributed by atoms with Crippen LogP contribution < -0.4 is 10.2 Å². The molecule has 0 aliphatic heterocycles. The maximum atomic E-state index is 12.2. The van der Waals surface area contributed by atoms with Gasteiger partial charge in [-0.2, -0.15) is 0 Å². The summed E-state index contributed by atoms with van der Waals surface area (Å²) in [6.07, 6.45) is 8.24. The predicted octanol–water partition coefficient (Wildman–Crippen LogP) is 3.78. The highest BCUT2D eigenvalue weighted by Crippen LogP contribution is 2.25. The summed E-state index contributed by atoms with van der Waals surface area (Å²) < 4.78 is 0. The largest absolute Gasteiger partial charge is 0.349 e. The van der Waals surface area contributed by atoms with E-state index >= 15 is 0 Å². The van der Waals surface area contributed by atoms with Crippen LogP contribution in [0.4, 0.5) is 5.95 Å². The third-order valence-corrected chi connectivity index (χ3v) is 4.94. The van der Waals surface area contributed by atoms with Gasteiger partial charge in [-0.1, -0.05) is 40.0 Å². The van der Waals surface area contributed by atoms with Crippen molar-refractivity contribution in [2.75, 3.05) is 11.9 Å². The molecular weight excluding hydrogens is 300 g/mol. The normalized spacial score (nSPS) is 17.4. The maximum absolute atomic E-state index is 12.2. The van der Waals surface area contributed by atoms with E-state index in [1.165, 1.54) is 32.1 Å². The molecule has 5 heteroatoms. The molecule has 1 amide bonds. The molecule has 1 fully saturated rings. The minimum atomic E-state index is -0.399. The zero-order chi connectivity index (χ0) is 17.9. The van der Waals surface area contributed by atoms with E-state index in [0.717, 1.165) is 17.2 Å². The number of rotatable bonds is 4. The Kier molecular flexibility index (Phi) is 5.83. The molecule has 1 aromatic heterocycles. The quantitative estimate of drug-likeness (QED) is 0.911. The van der Waals surface area contributed by atoms with Gasteiger partial charge in [0.05, 0.1) is 6.04 Å². The van der Waals surface area contributed by atoms with Crippen LogP contribution in [0.5, 0.6) is 0 Å². The summed E-state index contributed by atoms with van der Waals surface area (Å²) in [6, 6.07) is 0.452. The van der Waals surface area contributed by atoms with E-state index in [9.17, 15) is 4.79 Å². The van der Waals surface area contributed by atoms with Gasteiger partial charge in [-0.15, -0.1) is 0 Å². The summed E-state index contributed by atoms with van der Waals surface area (Å²) in [5, 5.41) is 3.06. The Bertz CT molecular complexity index is 573. The fourth-order valence-corrected chi connectivity index (χ4v) is 3.18. The molecule has 0 unspecified atom stereocenters. The van der Waals surface area contributed by atoms with Crippen LogP contribution in [0.1, 0.15) is 77.1 Å². The van der Waals surface area contributed by atoms with Crippen LogP contribution in [-0.4, -0.2) is 29.0 Å². The third kappa shape index (κ3) is 4.46. The fraction of sp³-hybridized carbons (Fsp3) is 0.737. The maximum Gasteiger partial charge on any atom is 0.225 e. The molecule has 24 heavy (non-hydrogen) atoms. The van der Waals surface area contributed by atoms with Crippen LogP contribution in [0.15, 0.2) is 6.20 Å². The van der Waals surface area contributed by atoms with Gasteiger partial charge in [-0.3, -0.25) is 4.79 Å². The highest BCUT2D eigenvalue weighted by atomic mass is 16.2. The first-order valence-electron chi connectivity index (χ1n) is 9.07. The van der Waals surface area contributed by atoms with Gasteiger partial charge in [0.2, 0.25) is 11.9 Å². The zero-order valence-electron chi connectivity index (χ0n) is 16.0. The Labute approximate surface area is 146 Å². The summed E-state index contributed by atoms with van der Waals surface area (Å²) in [5.74, 6) is 0.829.